The zero-order valence-corrected chi connectivity index (χ0v) is 13.5. The number of allylic oxidation sites excluding steroid dienone is 3. The third-order valence-corrected chi connectivity index (χ3v) is 5.16. The Labute approximate surface area is 119 Å². The molecule has 1 heterocycles. The fourth-order valence-electron chi connectivity index (χ4n) is 3.75. The largest absolute Gasteiger partial charge is 0.385 e. The van der Waals surface area contributed by atoms with Crippen molar-refractivity contribution in [3.05, 3.63) is 22.4 Å². The molecule has 0 amide bonds. The van der Waals surface area contributed by atoms with Crippen LogP contribution in [0.3, 0.4) is 0 Å². The summed E-state index contributed by atoms with van der Waals surface area (Å²) < 4.78 is 0. The van der Waals surface area contributed by atoms with Gasteiger partial charge in [-0.25, -0.2) is 0 Å². The molecule has 0 saturated heterocycles. The third-order valence-electron chi connectivity index (χ3n) is 5.16. The highest BCUT2D eigenvalue weighted by atomic mass is 14.9. The Hall–Kier alpha value is -0.720. The molecule has 1 aliphatic heterocycles. The number of dihydropyridines is 1. The summed E-state index contributed by atoms with van der Waals surface area (Å²) in [5.41, 5.74) is 6.49. The lowest BCUT2D eigenvalue weighted by molar-refractivity contribution is 0.321. The van der Waals surface area contributed by atoms with Crippen LogP contribution >= 0.6 is 0 Å². The van der Waals surface area contributed by atoms with Crippen LogP contribution in [-0.2, 0) is 0 Å². The van der Waals surface area contributed by atoms with Gasteiger partial charge in [0.1, 0.15) is 0 Å². The molecule has 2 aliphatic rings. The van der Waals surface area contributed by atoms with Gasteiger partial charge in [0.25, 0.3) is 0 Å². The van der Waals surface area contributed by atoms with Gasteiger partial charge in [0.15, 0.2) is 0 Å². The maximum absolute atomic E-state index is 3.63. The zero-order chi connectivity index (χ0) is 14.0. The van der Waals surface area contributed by atoms with E-state index in [0.717, 1.165) is 18.4 Å². The van der Waals surface area contributed by atoms with Crippen molar-refractivity contribution in [1.29, 1.82) is 0 Å². The van der Waals surface area contributed by atoms with E-state index in [1.165, 1.54) is 37.8 Å². The zero-order valence-electron chi connectivity index (χ0n) is 13.5. The first-order valence-electron chi connectivity index (χ1n) is 8.16. The average Bonchev–Trinajstić information content (AvgIpc) is 2.29. The molecule has 1 unspecified atom stereocenters. The molecule has 1 fully saturated rings. The average molecular weight is 261 g/mol. The van der Waals surface area contributed by atoms with Gasteiger partial charge < -0.3 is 5.32 Å². The van der Waals surface area contributed by atoms with Gasteiger partial charge in [-0.1, -0.05) is 27.7 Å². The molecule has 1 atom stereocenters. The molecule has 1 N–H and O–H groups in total. The van der Waals surface area contributed by atoms with Gasteiger partial charge in [-0.05, 0) is 73.5 Å². The molecule has 1 heteroatoms. The molecule has 1 nitrogen and oxygen atoms in total. The Kier molecular flexibility index (Phi) is 4.76. The third kappa shape index (κ3) is 3.24. The topological polar surface area (TPSA) is 12.0 Å². The van der Waals surface area contributed by atoms with Crippen LogP contribution in [0, 0.1) is 17.8 Å². The summed E-state index contributed by atoms with van der Waals surface area (Å²) in [5, 5.41) is 3.63. The van der Waals surface area contributed by atoms with Gasteiger partial charge in [-0.15, -0.1) is 0 Å². The van der Waals surface area contributed by atoms with Crippen molar-refractivity contribution in [2.24, 2.45) is 17.8 Å². The van der Waals surface area contributed by atoms with Gasteiger partial charge in [-0.2, -0.15) is 0 Å². The second kappa shape index (κ2) is 6.15. The first-order valence-corrected chi connectivity index (χ1v) is 8.16. The number of nitrogens with one attached hydrogen (secondary N) is 1. The van der Waals surface area contributed by atoms with E-state index in [1.54, 1.807) is 16.7 Å². The predicted molar refractivity (Wildman–Crippen MR) is 84.0 cm³/mol. The van der Waals surface area contributed by atoms with Crippen molar-refractivity contribution < 1.29 is 0 Å². The highest BCUT2D eigenvalue weighted by Crippen LogP contribution is 2.38. The Morgan fingerprint density at radius 2 is 1.74 bits per heavy atom. The smallest absolute Gasteiger partial charge is 0.0365 e. The highest BCUT2D eigenvalue weighted by Gasteiger charge is 2.25. The van der Waals surface area contributed by atoms with Gasteiger partial charge >= 0.3 is 0 Å². The summed E-state index contributed by atoms with van der Waals surface area (Å²) in [5.74, 6) is 2.45. The Morgan fingerprint density at radius 1 is 1.00 bits per heavy atom. The highest BCUT2D eigenvalue weighted by molar-refractivity contribution is 5.43. The Balaban J connectivity index is 2.25. The molecule has 0 aromatic carbocycles. The van der Waals surface area contributed by atoms with Crippen LogP contribution in [0.5, 0.6) is 0 Å². The molecular weight excluding hydrogens is 230 g/mol. The van der Waals surface area contributed by atoms with E-state index < -0.39 is 0 Å². The van der Waals surface area contributed by atoms with Gasteiger partial charge in [-0.3, -0.25) is 0 Å². The first-order chi connectivity index (χ1) is 9.00. The van der Waals surface area contributed by atoms with Crippen LogP contribution in [0.15, 0.2) is 22.4 Å². The van der Waals surface area contributed by atoms with Crippen molar-refractivity contribution in [3.63, 3.8) is 0 Å². The van der Waals surface area contributed by atoms with Crippen molar-refractivity contribution in [3.8, 4) is 0 Å². The maximum atomic E-state index is 3.63. The summed E-state index contributed by atoms with van der Waals surface area (Å²) in [6, 6.07) is 0. The summed E-state index contributed by atoms with van der Waals surface area (Å²) in [7, 11) is 0. The predicted octanol–water partition coefficient (Wildman–Crippen LogP) is 5.05. The maximum Gasteiger partial charge on any atom is 0.0365 e. The first kappa shape index (κ1) is 14.7. The normalized spacial score (nSPS) is 25.3. The molecule has 0 aromatic heterocycles. The Morgan fingerprint density at radius 3 is 2.37 bits per heavy atom. The fraction of sp³-hybridized carbons (Fsp3) is 0.778. The molecule has 0 radical (unpaired) electrons. The fourth-order valence-corrected chi connectivity index (χ4v) is 3.75. The minimum Gasteiger partial charge on any atom is -0.385 e. The molecule has 0 bridgehead atoms. The van der Waals surface area contributed by atoms with Crippen LogP contribution < -0.4 is 5.32 Å². The number of hydrogen-bond acceptors (Lipinski definition) is 1. The van der Waals surface area contributed by atoms with Gasteiger partial charge in [0, 0.05) is 12.2 Å². The molecule has 1 saturated carbocycles. The van der Waals surface area contributed by atoms with Crippen molar-refractivity contribution in [2.75, 3.05) is 6.54 Å². The van der Waals surface area contributed by atoms with Crippen molar-refractivity contribution >= 4 is 0 Å². The second-order valence-corrected chi connectivity index (χ2v) is 7.05. The van der Waals surface area contributed by atoms with Crippen molar-refractivity contribution in [2.45, 2.75) is 66.7 Å². The van der Waals surface area contributed by atoms with E-state index in [1.807, 2.05) is 0 Å². The molecule has 0 spiro atoms. The van der Waals surface area contributed by atoms with E-state index in [-0.39, 0.29) is 0 Å². The van der Waals surface area contributed by atoms with E-state index in [9.17, 15) is 0 Å². The van der Waals surface area contributed by atoms with E-state index in [0.29, 0.717) is 5.92 Å². The minimum atomic E-state index is 0.686. The van der Waals surface area contributed by atoms with Crippen LogP contribution in [0.2, 0.25) is 0 Å². The lowest BCUT2D eigenvalue weighted by Gasteiger charge is -2.32. The Bertz CT molecular complexity index is 384. The van der Waals surface area contributed by atoms with Crippen LogP contribution in [-0.4, -0.2) is 6.54 Å². The van der Waals surface area contributed by atoms with Crippen molar-refractivity contribution in [1.82, 2.24) is 5.32 Å². The van der Waals surface area contributed by atoms with Gasteiger partial charge in [0.05, 0.1) is 0 Å². The number of rotatable bonds is 2. The molecule has 108 valence electrons. The van der Waals surface area contributed by atoms with Gasteiger partial charge in [0.2, 0.25) is 0 Å². The van der Waals surface area contributed by atoms with Crippen LogP contribution in [0.4, 0.5) is 0 Å². The van der Waals surface area contributed by atoms with Crippen LogP contribution in [0.25, 0.3) is 0 Å². The molecule has 19 heavy (non-hydrogen) atoms. The minimum absolute atomic E-state index is 0.686. The molecular formula is C18H31N. The summed E-state index contributed by atoms with van der Waals surface area (Å²) >= 11 is 0. The van der Waals surface area contributed by atoms with E-state index in [2.05, 4.69) is 39.9 Å². The summed E-state index contributed by atoms with van der Waals surface area (Å²) in [4.78, 5) is 0. The van der Waals surface area contributed by atoms with E-state index >= 15 is 0 Å². The van der Waals surface area contributed by atoms with Crippen LogP contribution in [0.1, 0.15) is 66.7 Å². The number of hydrogen-bond donors (Lipinski definition) is 1. The summed E-state index contributed by atoms with van der Waals surface area (Å²) in [6.45, 7) is 12.8. The second-order valence-electron chi connectivity index (χ2n) is 7.05. The quantitative estimate of drug-likeness (QED) is 0.733. The standard InChI is InChI=1S/C18H31N/c1-12(2)15-7-6-8-17-16(10-9-15)14(5)19-11-18(17)13(3)4/h12-13,15,19H,6-11H2,1-5H3. The molecule has 0 aromatic rings. The summed E-state index contributed by atoms with van der Waals surface area (Å²) in [6.07, 6.45) is 6.77. The SMILES string of the molecule is CC1=C2CCC(C(C)C)CCCC2=C(C(C)C)CN1. The number of fused-ring (bicyclic) bond motifs is 1. The monoisotopic (exact) mass is 261 g/mol. The molecule has 2 rings (SSSR count). The molecule has 1 aliphatic carbocycles. The lowest BCUT2D eigenvalue weighted by Crippen LogP contribution is -2.27. The lowest BCUT2D eigenvalue weighted by atomic mass is 9.77. The van der Waals surface area contributed by atoms with E-state index in [4.69, 9.17) is 0 Å².